The van der Waals surface area contributed by atoms with Gasteiger partial charge in [-0.1, -0.05) is 18.2 Å². The molecule has 0 aliphatic rings. The van der Waals surface area contributed by atoms with Crippen molar-refractivity contribution in [2.45, 2.75) is 13.3 Å². The van der Waals surface area contributed by atoms with E-state index in [1.807, 2.05) is 31.3 Å². The topological polar surface area (TPSA) is 82.6 Å². The summed E-state index contributed by atoms with van der Waals surface area (Å²) in [5, 5.41) is 9.92. The fourth-order valence-electron chi connectivity index (χ4n) is 2.44. The maximum Gasteiger partial charge on any atom is 0.323 e. The van der Waals surface area contributed by atoms with E-state index >= 15 is 0 Å². The Kier molecular flexibility index (Phi) is 5.16. The molecule has 0 spiro atoms. The zero-order chi connectivity index (χ0) is 16.1. The van der Waals surface area contributed by atoms with E-state index in [1.165, 1.54) is 12.0 Å². The third-order valence-electron chi connectivity index (χ3n) is 3.60. The number of nitrogens with zero attached hydrogens (tertiary/aromatic N) is 1. The van der Waals surface area contributed by atoms with Crippen LogP contribution in [0, 0.1) is 6.92 Å². The van der Waals surface area contributed by atoms with E-state index in [0.29, 0.717) is 6.61 Å². The first-order chi connectivity index (χ1) is 10.5. The molecule has 1 amide bonds. The number of carbonyl (C=O) groups excluding carboxylic acids is 1. The molecular weight excluding hydrogens is 284 g/mol. The lowest BCUT2D eigenvalue weighted by Gasteiger charge is -2.20. The van der Waals surface area contributed by atoms with E-state index in [1.54, 1.807) is 0 Å². The number of aryl methyl sites for hydroxylation is 1. The van der Waals surface area contributed by atoms with Crippen LogP contribution < -0.4 is 0 Å². The highest BCUT2D eigenvalue weighted by atomic mass is 16.5. The molecule has 0 bridgehead atoms. The van der Waals surface area contributed by atoms with Crippen molar-refractivity contribution in [3.05, 3.63) is 35.5 Å². The first-order valence-electron chi connectivity index (χ1n) is 7.07. The molecule has 1 heterocycles. The van der Waals surface area contributed by atoms with Gasteiger partial charge in [-0.25, -0.2) is 0 Å². The van der Waals surface area contributed by atoms with Crippen LogP contribution in [0.2, 0.25) is 0 Å². The van der Waals surface area contributed by atoms with E-state index in [0.717, 1.165) is 22.0 Å². The van der Waals surface area contributed by atoms with Crippen molar-refractivity contribution in [1.29, 1.82) is 0 Å². The monoisotopic (exact) mass is 304 g/mol. The number of ether oxygens (including phenoxy) is 1. The normalized spacial score (nSPS) is 10.8. The number of hydrogen-bond donors (Lipinski definition) is 2. The van der Waals surface area contributed by atoms with Crippen LogP contribution in [0.1, 0.15) is 11.1 Å². The Morgan fingerprint density at radius 1 is 1.36 bits per heavy atom. The zero-order valence-electron chi connectivity index (χ0n) is 12.8. The van der Waals surface area contributed by atoms with Crippen LogP contribution >= 0.6 is 0 Å². The number of para-hydroxylation sites is 1. The largest absolute Gasteiger partial charge is 0.480 e. The Bertz CT molecular complexity index is 678. The van der Waals surface area contributed by atoms with Crippen LogP contribution in [0.25, 0.3) is 10.9 Å². The number of benzene rings is 1. The summed E-state index contributed by atoms with van der Waals surface area (Å²) < 4.78 is 4.93. The van der Waals surface area contributed by atoms with Crippen molar-refractivity contribution in [3.8, 4) is 0 Å². The highest BCUT2D eigenvalue weighted by Crippen LogP contribution is 2.22. The second kappa shape index (κ2) is 7.09. The second-order valence-electron chi connectivity index (χ2n) is 5.19. The van der Waals surface area contributed by atoms with E-state index < -0.39 is 5.97 Å². The lowest BCUT2D eigenvalue weighted by atomic mass is 10.1. The van der Waals surface area contributed by atoms with E-state index in [9.17, 15) is 9.59 Å². The number of aromatic amines is 1. The van der Waals surface area contributed by atoms with Gasteiger partial charge in [0, 0.05) is 30.8 Å². The van der Waals surface area contributed by atoms with E-state index in [-0.39, 0.29) is 25.4 Å². The van der Waals surface area contributed by atoms with Crippen LogP contribution in [0.4, 0.5) is 0 Å². The van der Waals surface area contributed by atoms with Crippen LogP contribution in [-0.2, 0) is 20.7 Å². The summed E-state index contributed by atoms with van der Waals surface area (Å²) in [6.45, 7) is 2.26. The van der Waals surface area contributed by atoms with Crippen molar-refractivity contribution in [3.63, 3.8) is 0 Å². The number of aromatic nitrogens is 1. The number of nitrogens with one attached hydrogen (secondary N) is 1. The summed E-state index contributed by atoms with van der Waals surface area (Å²) in [5.41, 5.74) is 2.99. The molecule has 22 heavy (non-hydrogen) atoms. The molecule has 118 valence electrons. The molecule has 0 aliphatic heterocycles. The third-order valence-corrected chi connectivity index (χ3v) is 3.60. The van der Waals surface area contributed by atoms with Gasteiger partial charge in [-0.05, 0) is 18.1 Å². The summed E-state index contributed by atoms with van der Waals surface area (Å²) >= 11 is 0. The Labute approximate surface area is 128 Å². The number of H-pyrrole nitrogens is 1. The molecule has 0 fully saturated rings. The minimum atomic E-state index is -1.03. The van der Waals surface area contributed by atoms with Crippen molar-refractivity contribution in [2.24, 2.45) is 0 Å². The van der Waals surface area contributed by atoms with Crippen LogP contribution in [-0.4, -0.2) is 53.7 Å². The predicted molar refractivity (Wildman–Crippen MR) is 82.8 cm³/mol. The SMILES string of the molecule is COCCN(CC(=O)O)C(=O)Cc1c[nH]c2c(C)cccc12. The molecule has 0 atom stereocenters. The smallest absolute Gasteiger partial charge is 0.323 e. The molecule has 2 N–H and O–H groups in total. The predicted octanol–water partition coefficient (Wildman–Crippen LogP) is 1.58. The molecule has 0 radical (unpaired) electrons. The molecule has 0 saturated heterocycles. The molecule has 0 unspecified atom stereocenters. The summed E-state index contributed by atoms with van der Waals surface area (Å²) in [6, 6.07) is 5.90. The number of fused-ring (bicyclic) bond motifs is 1. The number of carboxylic acids is 1. The highest BCUT2D eigenvalue weighted by molar-refractivity contribution is 5.91. The fraction of sp³-hybridized carbons (Fsp3) is 0.375. The number of rotatable bonds is 7. The Morgan fingerprint density at radius 3 is 2.82 bits per heavy atom. The van der Waals surface area contributed by atoms with Gasteiger partial charge in [0.25, 0.3) is 0 Å². The van der Waals surface area contributed by atoms with Crippen molar-refractivity contribution in [2.75, 3.05) is 26.8 Å². The molecule has 2 aromatic rings. The van der Waals surface area contributed by atoms with Gasteiger partial charge >= 0.3 is 5.97 Å². The van der Waals surface area contributed by atoms with Crippen molar-refractivity contribution < 1.29 is 19.4 Å². The molecule has 0 saturated carbocycles. The second-order valence-corrected chi connectivity index (χ2v) is 5.19. The minimum Gasteiger partial charge on any atom is -0.480 e. The van der Waals surface area contributed by atoms with Gasteiger partial charge in [0.1, 0.15) is 6.54 Å². The maximum absolute atomic E-state index is 12.4. The summed E-state index contributed by atoms with van der Waals surface area (Å²) in [7, 11) is 1.52. The standard InChI is InChI=1S/C16H20N2O4/c1-11-4-3-5-13-12(9-17-16(11)13)8-14(19)18(6-7-22-2)10-15(20)21/h3-5,9,17H,6-8,10H2,1-2H3,(H,20,21). The molecule has 2 rings (SSSR count). The van der Waals surface area contributed by atoms with Gasteiger partial charge in [0.05, 0.1) is 13.0 Å². The summed E-state index contributed by atoms with van der Waals surface area (Å²) in [5.74, 6) is -1.25. The number of carbonyl (C=O) groups is 2. The van der Waals surface area contributed by atoms with Crippen LogP contribution in [0.3, 0.4) is 0 Å². The van der Waals surface area contributed by atoms with Gasteiger partial charge in [-0.2, -0.15) is 0 Å². The average Bonchev–Trinajstić information content (AvgIpc) is 2.87. The maximum atomic E-state index is 12.4. The van der Waals surface area contributed by atoms with Gasteiger partial charge in [0.15, 0.2) is 0 Å². The lowest BCUT2D eigenvalue weighted by Crippen LogP contribution is -2.38. The Hall–Kier alpha value is -2.34. The van der Waals surface area contributed by atoms with Crippen molar-refractivity contribution in [1.82, 2.24) is 9.88 Å². The van der Waals surface area contributed by atoms with Gasteiger partial charge < -0.3 is 19.7 Å². The molecule has 1 aromatic carbocycles. The molecule has 6 nitrogen and oxygen atoms in total. The first kappa shape index (κ1) is 16.0. The van der Waals surface area contributed by atoms with Gasteiger partial charge in [-0.3, -0.25) is 9.59 Å². The van der Waals surface area contributed by atoms with E-state index in [2.05, 4.69) is 4.98 Å². The van der Waals surface area contributed by atoms with Gasteiger partial charge in [0.2, 0.25) is 5.91 Å². The summed E-state index contributed by atoms with van der Waals surface area (Å²) in [6.07, 6.45) is 1.98. The van der Waals surface area contributed by atoms with Crippen LogP contribution in [0.5, 0.6) is 0 Å². The zero-order valence-corrected chi connectivity index (χ0v) is 12.8. The first-order valence-corrected chi connectivity index (χ1v) is 7.07. The lowest BCUT2D eigenvalue weighted by molar-refractivity contribution is -0.144. The number of carboxylic acid groups (broad SMARTS) is 1. The minimum absolute atomic E-state index is 0.167. The molecule has 1 aromatic heterocycles. The molecule has 6 heteroatoms. The fourth-order valence-corrected chi connectivity index (χ4v) is 2.44. The van der Waals surface area contributed by atoms with Gasteiger partial charge in [-0.15, -0.1) is 0 Å². The third kappa shape index (κ3) is 3.65. The number of hydrogen-bond acceptors (Lipinski definition) is 3. The quantitative estimate of drug-likeness (QED) is 0.813. The number of amides is 1. The average molecular weight is 304 g/mol. The highest BCUT2D eigenvalue weighted by Gasteiger charge is 2.18. The molecular formula is C16H20N2O4. The van der Waals surface area contributed by atoms with E-state index in [4.69, 9.17) is 9.84 Å². The number of methoxy groups -OCH3 is 1. The number of aliphatic carboxylic acids is 1. The van der Waals surface area contributed by atoms with Crippen molar-refractivity contribution >= 4 is 22.8 Å². The Balaban J connectivity index is 2.17. The summed E-state index contributed by atoms with van der Waals surface area (Å²) in [4.78, 5) is 27.7. The van der Waals surface area contributed by atoms with Crippen LogP contribution in [0.15, 0.2) is 24.4 Å². The molecule has 0 aliphatic carbocycles. The Morgan fingerprint density at radius 2 is 2.14 bits per heavy atom.